The van der Waals surface area contributed by atoms with E-state index in [0.717, 1.165) is 30.6 Å². The quantitative estimate of drug-likeness (QED) is 0.483. The Hall–Kier alpha value is -3.28. The van der Waals surface area contributed by atoms with Crippen LogP contribution in [0.15, 0.2) is 45.1 Å². The Kier molecular flexibility index (Phi) is 3.11. The molecule has 2 heterocycles. The fraction of sp³-hybridized carbons (Fsp3) is 0. The molecule has 3 rings (SSSR count). The third kappa shape index (κ3) is 2.30. The highest BCUT2D eigenvalue weighted by molar-refractivity contribution is 7.90. The number of hydrogen-bond acceptors (Lipinski definition) is 7. The lowest BCUT2D eigenvalue weighted by atomic mass is 10.3. The Morgan fingerprint density at radius 2 is 1.78 bits per heavy atom. The highest BCUT2D eigenvalue weighted by Crippen LogP contribution is 2.20. The van der Waals surface area contributed by atoms with Crippen LogP contribution in [0, 0.1) is 10.1 Å². The molecule has 3 aromatic rings. The Balaban J connectivity index is 2.22. The maximum absolute atomic E-state index is 12.5. The number of benzene rings is 1. The molecule has 0 bridgehead atoms. The van der Waals surface area contributed by atoms with Gasteiger partial charge in [-0.25, -0.2) is 22.2 Å². The third-order valence-electron chi connectivity index (χ3n) is 3.01. The minimum atomic E-state index is -4.19. The van der Waals surface area contributed by atoms with E-state index in [1.54, 1.807) is 0 Å². The van der Waals surface area contributed by atoms with E-state index in [2.05, 4.69) is 9.97 Å². The summed E-state index contributed by atoms with van der Waals surface area (Å²) >= 11 is 0. The number of rotatable bonds is 3. The smallest absolute Gasteiger partial charge is 0.291 e. The van der Waals surface area contributed by atoms with Crippen LogP contribution >= 0.6 is 0 Å². The van der Waals surface area contributed by atoms with Crippen molar-refractivity contribution in [3.63, 3.8) is 0 Å². The number of imidazole rings is 1. The molecule has 2 N–H and O–H groups in total. The minimum absolute atomic E-state index is 0.255. The highest BCUT2D eigenvalue weighted by Gasteiger charge is 2.22. The molecule has 23 heavy (non-hydrogen) atoms. The van der Waals surface area contributed by atoms with Gasteiger partial charge in [0.1, 0.15) is 6.33 Å². The zero-order valence-electron chi connectivity index (χ0n) is 11.1. The van der Waals surface area contributed by atoms with Gasteiger partial charge in [-0.1, -0.05) is 0 Å². The molecule has 118 valence electrons. The molecule has 0 aliphatic rings. The molecule has 0 spiro atoms. The molecule has 0 aliphatic heterocycles. The van der Waals surface area contributed by atoms with Crippen LogP contribution < -0.4 is 11.2 Å². The van der Waals surface area contributed by atoms with Crippen molar-refractivity contribution >= 4 is 26.9 Å². The molecule has 1 aromatic carbocycles. The predicted molar refractivity (Wildman–Crippen MR) is 76.7 cm³/mol. The molecule has 0 unspecified atom stereocenters. The minimum Gasteiger partial charge on any atom is -0.291 e. The van der Waals surface area contributed by atoms with Crippen LogP contribution in [0.2, 0.25) is 0 Å². The van der Waals surface area contributed by atoms with Crippen molar-refractivity contribution in [2.75, 3.05) is 0 Å². The highest BCUT2D eigenvalue weighted by atomic mass is 32.2. The summed E-state index contributed by atoms with van der Waals surface area (Å²) in [6, 6.07) is 4.15. The molecule has 0 saturated carbocycles. The van der Waals surface area contributed by atoms with E-state index >= 15 is 0 Å². The molecular weight excluding hydrogens is 330 g/mol. The summed E-state index contributed by atoms with van der Waals surface area (Å²) in [6.45, 7) is 0. The van der Waals surface area contributed by atoms with Gasteiger partial charge in [-0.3, -0.25) is 24.9 Å². The van der Waals surface area contributed by atoms with Crippen molar-refractivity contribution < 1.29 is 13.3 Å². The summed E-state index contributed by atoms with van der Waals surface area (Å²) in [5.74, 6) is 0. The number of H-pyrrole nitrogens is 2. The molecule has 12 heteroatoms. The first-order chi connectivity index (χ1) is 10.8. The van der Waals surface area contributed by atoms with E-state index in [1.807, 2.05) is 4.98 Å². The summed E-state index contributed by atoms with van der Waals surface area (Å²) in [5.41, 5.74) is -2.54. The van der Waals surface area contributed by atoms with Crippen LogP contribution in [0.1, 0.15) is 0 Å². The number of nitrogens with zero attached hydrogens (tertiary/aromatic N) is 3. The van der Waals surface area contributed by atoms with Gasteiger partial charge in [0.2, 0.25) is 0 Å². The van der Waals surface area contributed by atoms with Crippen molar-refractivity contribution in [1.82, 2.24) is 18.9 Å². The number of nitro groups is 1. The van der Waals surface area contributed by atoms with Crippen LogP contribution in [-0.4, -0.2) is 32.3 Å². The van der Waals surface area contributed by atoms with Crippen LogP contribution in [-0.2, 0) is 10.0 Å². The van der Waals surface area contributed by atoms with Gasteiger partial charge in [-0.2, -0.15) is 0 Å². The van der Waals surface area contributed by atoms with Crippen LogP contribution in [0.4, 0.5) is 5.69 Å². The van der Waals surface area contributed by atoms with Gasteiger partial charge in [-0.15, -0.1) is 0 Å². The van der Waals surface area contributed by atoms with Gasteiger partial charge in [0.25, 0.3) is 21.3 Å². The lowest BCUT2D eigenvalue weighted by molar-refractivity contribution is -0.384. The fourth-order valence-corrected chi connectivity index (χ4v) is 3.20. The van der Waals surface area contributed by atoms with Crippen LogP contribution in [0.25, 0.3) is 11.2 Å². The zero-order chi connectivity index (χ0) is 16.8. The molecular formula is C11H7N5O6S. The standard InChI is InChI=1S/C11H7N5O6S/c17-10-8-9(13-11(18)14-10)15(5-12-8)23(21,22)7-3-1-6(2-4-7)16(19)20/h1-5H,(H2,13,14,17,18). The first-order valence-corrected chi connectivity index (χ1v) is 7.44. The predicted octanol–water partition coefficient (Wildman–Crippen LogP) is -0.442. The van der Waals surface area contributed by atoms with Crippen LogP contribution in [0.3, 0.4) is 0 Å². The average Bonchev–Trinajstić information content (AvgIpc) is 2.92. The van der Waals surface area contributed by atoms with E-state index < -0.39 is 26.2 Å². The van der Waals surface area contributed by atoms with Crippen molar-refractivity contribution in [1.29, 1.82) is 0 Å². The first kappa shape index (κ1) is 14.6. The van der Waals surface area contributed by atoms with Gasteiger partial charge in [0, 0.05) is 12.1 Å². The second-order valence-electron chi connectivity index (χ2n) is 4.40. The van der Waals surface area contributed by atoms with E-state index in [-0.39, 0.29) is 21.7 Å². The summed E-state index contributed by atoms with van der Waals surface area (Å²) in [4.78, 5) is 40.3. The maximum Gasteiger partial charge on any atom is 0.327 e. The lowest BCUT2D eigenvalue weighted by Gasteiger charge is -2.05. The van der Waals surface area contributed by atoms with Gasteiger partial charge in [0.15, 0.2) is 11.2 Å². The Morgan fingerprint density at radius 1 is 1.13 bits per heavy atom. The molecule has 0 atom stereocenters. The van der Waals surface area contributed by atoms with E-state index in [9.17, 15) is 28.1 Å². The molecule has 0 aliphatic carbocycles. The molecule has 0 fully saturated rings. The number of aromatic amines is 2. The summed E-state index contributed by atoms with van der Waals surface area (Å²) in [5, 5.41) is 10.6. The Morgan fingerprint density at radius 3 is 2.39 bits per heavy atom. The van der Waals surface area contributed by atoms with Gasteiger partial charge in [-0.05, 0) is 12.1 Å². The second kappa shape index (κ2) is 4.88. The summed E-state index contributed by atoms with van der Waals surface area (Å²) < 4.78 is 25.7. The lowest BCUT2D eigenvalue weighted by Crippen LogP contribution is -2.23. The molecule has 0 amide bonds. The zero-order valence-corrected chi connectivity index (χ0v) is 11.9. The maximum atomic E-state index is 12.5. The number of aromatic nitrogens is 4. The summed E-state index contributed by atoms with van der Waals surface area (Å²) in [7, 11) is -4.19. The van der Waals surface area contributed by atoms with Crippen molar-refractivity contribution in [3.8, 4) is 0 Å². The van der Waals surface area contributed by atoms with Crippen molar-refractivity contribution in [2.45, 2.75) is 4.90 Å². The number of hydrogen-bond donors (Lipinski definition) is 2. The topological polar surface area (TPSA) is 161 Å². The second-order valence-corrected chi connectivity index (χ2v) is 6.22. The van der Waals surface area contributed by atoms with Gasteiger partial charge in [0.05, 0.1) is 9.82 Å². The van der Waals surface area contributed by atoms with Crippen LogP contribution in [0.5, 0.6) is 0 Å². The first-order valence-electron chi connectivity index (χ1n) is 6.00. The third-order valence-corrected chi connectivity index (χ3v) is 4.68. The van der Waals surface area contributed by atoms with E-state index in [4.69, 9.17) is 0 Å². The van der Waals surface area contributed by atoms with Gasteiger partial charge < -0.3 is 0 Å². The Labute approximate surface area is 126 Å². The number of nitrogens with one attached hydrogen (secondary N) is 2. The fourth-order valence-electron chi connectivity index (χ4n) is 1.95. The SMILES string of the molecule is O=c1[nH]c(=O)c2ncn(S(=O)(=O)c3ccc([N+](=O)[O-])cc3)c2[nH]1. The molecule has 0 saturated heterocycles. The molecule has 0 radical (unpaired) electrons. The monoisotopic (exact) mass is 337 g/mol. The molecule has 11 nitrogen and oxygen atoms in total. The largest absolute Gasteiger partial charge is 0.327 e. The van der Waals surface area contributed by atoms with E-state index in [1.165, 1.54) is 0 Å². The summed E-state index contributed by atoms with van der Waals surface area (Å²) in [6.07, 6.45) is 0.868. The average molecular weight is 337 g/mol. The van der Waals surface area contributed by atoms with Crippen molar-refractivity contribution in [3.05, 3.63) is 61.5 Å². The number of non-ortho nitro benzene ring substituents is 1. The van der Waals surface area contributed by atoms with Crippen molar-refractivity contribution in [2.24, 2.45) is 0 Å². The number of fused-ring (bicyclic) bond motifs is 1. The van der Waals surface area contributed by atoms with E-state index in [0.29, 0.717) is 3.97 Å². The Bertz CT molecular complexity index is 1140. The van der Waals surface area contributed by atoms with Gasteiger partial charge >= 0.3 is 5.69 Å². The normalized spacial score (nSPS) is 11.7. The molecule has 2 aromatic heterocycles. The number of nitro benzene ring substituents is 1.